The van der Waals surface area contributed by atoms with Crippen LogP contribution in [-0.2, 0) is 40.0 Å². The van der Waals surface area contributed by atoms with Crippen LogP contribution >= 0.6 is 0 Å². The number of benzene rings is 1. The third kappa shape index (κ3) is 14.2. The number of guanidine groups is 1. The highest BCUT2D eigenvalue weighted by molar-refractivity contribution is 6.06. The van der Waals surface area contributed by atoms with Gasteiger partial charge in [-0.1, -0.05) is 37.3 Å². The van der Waals surface area contributed by atoms with Crippen molar-refractivity contribution in [2.75, 3.05) is 19.6 Å². The Bertz CT molecular complexity index is 1280. The lowest BCUT2D eigenvalue weighted by molar-refractivity contribution is -0.147. The van der Waals surface area contributed by atoms with E-state index in [2.05, 4.69) is 31.9 Å². The third-order valence-corrected chi connectivity index (χ3v) is 7.12. The summed E-state index contributed by atoms with van der Waals surface area (Å²) in [5.41, 5.74) is 5.93. The summed E-state index contributed by atoms with van der Waals surface area (Å²) >= 11 is 0. The van der Waals surface area contributed by atoms with Gasteiger partial charge in [-0.15, -0.1) is 0 Å². The Morgan fingerprint density at radius 3 is 2.06 bits per heavy atom. The molecular formula is C30H45N9O8. The summed E-state index contributed by atoms with van der Waals surface area (Å²) in [6.45, 7) is 1.73. The molecule has 4 atom stereocenters. The van der Waals surface area contributed by atoms with E-state index in [0.29, 0.717) is 37.8 Å². The fraction of sp³-hybridized carbons (Fsp3) is 0.533. The van der Waals surface area contributed by atoms with Crippen LogP contribution in [0.15, 0.2) is 30.3 Å². The summed E-state index contributed by atoms with van der Waals surface area (Å²) in [7, 11) is 0. The molecule has 17 nitrogen and oxygen atoms in total. The van der Waals surface area contributed by atoms with Gasteiger partial charge in [0.05, 0.1) is 6.54 Å². The predicted molar refractivity (Wildman–Crippen MR) is 169 cm³/mol. The van der Waals surface area contributed by atoms with Crippen molar-refractivity contribution in [3.63, 3.8) is 0 Å². The minimum absolute atomic E-state index is 0.0536. The van der Waals surface area contributed by atoms with Crippen LogP contribution in [0, 0.1) is 5.41 Å². The SMILES string of the molecule is CCCC(=O)NCCCC[C@@H]1NC(=O)[C@@H](Cc2ccccc2)NC(=O)C(C(=O)O)NC(=O)CNC(=O)[C@H](CCCNC(=N)N)NC1=O. The molecular weight excluding hydrogens is 614 g/mol. The standard InChI is InChI=1S/C30H45N9O8/c1-2-9-22(40)33-14-7-6-12-20-26(43)36-19(13-8-15-34-30(31)32)25(42)35-17-23(41)39-24(29(46)47)28(45)38-21(27(44)37-20)16-18-10-4-3-5-11-18/h3-5,10-11,19-21,24H,2,6-9,12-17H2,1H3,(H,33,40)(H,35,42)(H,36,43)(H,37,44)(H,38,45)(H,39,41)(H,46,47)(H4,31,32,34)/t19-,20-,21+,24?/m0/s1. The molecule has 1 unspecified atom stereocenters. The van der Waals surface area contributed by atoms with E-state index in [-0.39, 0.29) is 44.1 Å². The van der Waals surface area contributed by atoms with Crippen molar-refractivity contribution < 1.29 is 38.7 Å². The quantitative estimate of drug-likeness (QED) is 0.0443. The fourth-order valence-electron chi connectivity index (χ4n) is 4.68. The fourth-order valence-corrected chi connectivity index (χ4v) is 4.68. The number of unbranched alkanes of at least 4 members (excludes halogenated alkanes) is 1. The van der Waals surface area contributed by atoms with Gasteiger partial charge in [0.2, 0.25) is 35.6 Å². The first-order valence-corrected chi connectivity index (χ1v) is 15.5. The van der Waals surface area contributed by atoms with Crippen LogP contribution in [-0.4, -0.2) is 96.3 Å². The Balaban J connectivity index is 2.38. The zero-order valence-electron chi connectivity index (χ0n) is 26.4. The molecule has 6 amide bonds. The second-order valence-corrected chi connectivity index (χ2v) is 11.0. The first-order valence-electron chi connectivity index (χ1n) is 15.5. The number of nitrogens with two attached hydrogens (primary N) is 1. The van der Waals surface area contributed by atoms with E-state index in [4.69, 9.17) is 11.1 Å². The highest BCUT2D eigenvalue weighted by atomic mass is 16.4. The molecule has 0 radical (unpaired) electrons. The van der Waals surface area contributed by atoms with Crippen molar-refractivity contribution in [3.8, 4) is 0 Å². The van der Waals surface area contributed by atoms with Crippen molar-refractivity contribution in [2.45, 2.75) is 82.5 Å². The lowest BCUT2D eigenvalue weighted by Gasteiger charge is -2.25. The monoisotopic (exact) mass is 659 g/mol. The second kappa shape index (κ2) is 20.0. The highest BCUT2D eigenvalue weighted by Gasteiger charge is 2.34. The van der Waals surface area contributed by atoms with Crippen molar-refractivity contribution >= 4 is 47.4 Å². The van der Waals surface area contributed by atoms with E-state index in [9.17, 15) is 38.7 Å². The van der Waals surface area contributed by atoms with Crippen LogP contribution in [0.25, 0.3) is 0 Å². The van der Waals surface area contributed by atoms with Gasteiger partial charge in [-0.2, -0.15) is 0 Å². The van der Waals surface area contributed by atoms with Crippen molar-refractivity contribution in [3.05, 3.63) is 35.9 Å². The van der Waals surface area contributed by atoms with Crippen molar-refractivity contribution in [1.82, 2.24) is 37.2 Å². The number of hydrogen-bond acceptors (Lipinski definition) is 8. The molecule has 1 saturated heterocycles. The number of rotatable bonds is 14. The summed E-state index contributed by atoms with van der Waals surface area (Å²) in [6.07, 6.45) is 2.30. The third-order valence-electron chi connectivity index (χ3n) is 7.12. The van der Waals surface area contributed by atoms with Crippen LogP contribution in [0.2, 0.25) is 0 Å². The zero-order chi connectivity index (χ0) is 34.8. The largest absolute Gasteiger partial charge is 0.479 e. The molecule has 0 saturated carbocycles. The molecule has 0 spiro atoms. The van der Waals surface area contributed by atoms with Crippen LogP contribution < -0.4 is 43.0 Å². The molecule has 258 valence electrons. The number of carbonyl (C=O) groups is 7. The van der Waals surface area contributed by atoms with Gasteiger partial charge in [0.1, 0.15) is 18.1 Å². The average molecular weight is 660 g/mol. The highest BCUT2D eigenvalue weighted by Crippen LogP contribution is 2.09. The smallest absolute Gasteiger partial charge is 0.336 e. The number of carbonyl (C=O) groups excluding carboxylic acids is 6. The van der Waals surface area contributed by atoms with Gasteiger partial charge in [-0.05, 0) is 44.1 Å². The van der Waals surface area contributed by atoms with Crippen LogP contribution in [0.1, 0.15) is 57.4 Å². The maximum atomic E-state index is 13.7. The van der Waals surface area contributed by atoms with Crippen LogP contribution in [0.5, 0.6) is 0 Å². The summed E-state index contributed by atoms with van der Waals surface area (Å²) in [5, 5.41) is 34.4. The Kier molecular flexibility index (Phi) is 16.2. The summed E-state index contributed by atoms with van der Waals surface area (Å²) in [6, 6.07) is 2.79. The molecule has 0 aromatic heterocycles. The Hall–Kier alpha value is -5.22. The topological polar surface area (TPSA) is 274 Å². The zero-order valence-corrected chi connectivity index (χ0v) is 26.4. The number of carboxylic acids is 1. The maximum absolute atomic E-state index is 13.7. The summed E-state index contributed by atoms with van der Waals surface area (Å²) < 4.78 is 0. The van der Waals surface area contributed by atoms with Crippen LogP contribution in [0.3, 0.4) is 0 Å². The Labute approximate surface area is 272 Å². The average Bonchev–Trinajstić information content (AvgIpc) is 3.02. The lowest BCUT2D eigenvalue weighted by atomic mass is 10.0. The molecule has 1 heterocycles. The Morgan fingerprint density at radius 2 is 1.43 bits per heavy atom. The summed E-state index contributed by atoms with van der Waals surface area (Å²) in [4.78, 5) is 89.7. The van der Waals surface area contributed by atoms with Gasteiger partial charge >= 0.3 is 5.97 Å². The molecule has 17 heteroatoms. The van der Waals surface area contributed by atoms with E-state index in [1.807, 2.05) is 12.2 Å². The normalized spacial score (nSPS) is 21.0. The van der Waals surface area contributed by atoms with Gasteiger partial charge in [0.15, 0.2) is 5.96 Å². The summed E-state index contributed by atoms with van der Waals surface area (Å²) in [5.74, 6) is -6.53. The molecule has 1 fully saturated rings. The molecule has 2 rings (SSSR count). The van der Waals surface area contributed by atoms with E-state index >= 15 is 0 Å². The minimum Gasteiger partial charge on any atom is -0.479 e. The molecule has 1 aliphatic heterocycles. The van der Waals surface area contributed by atoms with E-state index in [1.54, 1.807) is 30.3 Å². The van der Waals surface area contributed by atoms with Gasteiger partial charge in [0.25, 0.3) is 5.91 Å². The molecule has 11 N–H and O–H groups in total. The second-order valence-electron chi connectivity index (χ2n) is 11.0. The molecule has 1 aromatic rings. The molecule has 1 aliphatic rings. The molecule has 0 bridgehead atoms. The first-order chi connectivity index (χ1) is 22.4. The molecule has 1 aromatic carbocycles. The van der Waals surface area contributed by atoms with Gasteiger partial charge in [-0.25, -0.2) is 4.79 Å². The Morgan fingerprint density at radius 1 is 0.830 bits per heavy atom. The van der Waals surface area contributed by atoms with E-state index < -0.39 is 66.2 Å². The number of carboxylic acid groups (broad SMARTS) is 1. The number of nitrogens with one attached hydrogen (secondary N) is 8. The number of amides is 6. The van der Waals surface area contributed by atoms with Gasteiger partial charge < -0.3 is 48.1 Å². The lowest BCUT2D eigenvalue weighted by Crippen LogP contribution is -2.59. The first kappa shape index (κ1) is 38.0. The number of aliphatic carboxylic acids is 1. The van der Waals surface area contributed by atoms with Gasteiger partial charge in [0, 0.05) is 25.9 Å². The van der Waals surface area contributed by atoms with E-state index in [1.165, 1.54) is 0 Å². The number of hydrogen-bond donors (Lipinski definition) is 10. The minimum atomic E-state index is -2.08. The maximum Gasteiger partial charge on any atom is 0.336 e. The van der Waals surface area contributed by atoms with E-state index in [0.717, 1.165) is 0 Å². The molecule has 0 aliphatic carbocycles. The van der Waals surface area contributed by atoms with Gasteiger partial charge in [-0.3, -0.25) is 34.2 Å². The predicted octanol–water partition coefficient (Wildman–Crippen LogP) is -2.27. The van der Waals surface area contributed by atoms with Crippen molar-refractivity contribution in [2.24, 2.45) is 5.73 Å². The molecule has 47 heavy (non-hydrogen) atoms. The van der Waals surface area contributed by atoms with Crippen molar-refractivity contribution in [1.29, 1.82) is 5.41 Å². The van der Waals surface area contributed by atoms with Crippen LogP contribution in [0.4, 0.5) is 0 Å².